The number of nitrogens with one attached hydrogen (secondary N) is 1. The summed E-state index contributed by atoms with van der Waals surface area (Å²) in [6.45, 7) is 7.08. The van der Waals surface area contributed by atoms with Gasteiger partial charge in [0.25, 0.3) is 0 Å². The first-order valence-corrected chi connectivity index (χ1v) is 9.62. The lowest BCUT2D eigenvalue weighted by Gasteiger charge is -2.05. The first kappa shape index (κ1) is 20.2. The summed E-state index contributed by atoms with van der Waals surface area (Å²) < 4.78 is 1.98. The van der Waals surface area contributed by atoms with Crippen LogP contribution >= 0.6 is 0 Å². The number of benzene rings is 2. The molecule has 0 aliphatic heterocycles. The van der Waals surface area contributed by atoms with E-state index in [4.69, 9.17) is 0 Å². The van der Waals surface area contributed by atoms with Crippen LogP contribution in [0, 0.1) is 32.6 Å². The van der Waals surface area contributed by atoms with Crippen LogP contribution in [0.5, 0.6) is 0 Å². The van der Waals surface area contributed by atoms with Crippen molar-refractivity contribution in [1.82, 2.24) is 15.1 Å². The van der Waals surface area contributed by atoms with Gasteiger partial charge in [0.15, 0.2) is 0 Å². The van der Waals surface area contributed by atoms with Gasteiger partial charge in [0.1, 0.15) is 0 Å². The average Bonchev–Trinajstić information content (AvgIpc) is 2.99. The average molecular weight is 383 g/mol. The van der Waals surface area contributed by atoms with Gasteiger partial charge in [-0.05, 0) is 44.5 Å². The van der Waals surface area contributed by atoms with Gasteiger partial charge in [0, 0.05) is 22.9 Å². The Bertz CT molecular complexity index is 1060. The van der Waals surface area contributed by atoms with E-state index in [0.29, 0.717) is 13.1 Å². The molecule has 0 aliphatic rings. The van der Waals surface area contributed by atoms with Crippen LogP contribution < -0.4 is 5.32 Å². The number of nitrogens with zero attached hydrogens (tertiary/aromatic N) is 2. The predicted molar refractivity (Wildman–Crippen MR) is 117 cm³/mol. The molecule has 1 aromatic heterocycles. The molecule has 1 amide bonds. The summed E-state index contributed by atoms with van der Waals surface area (Å²) in [5.74, 6) is 5.81. The number of amides is 1. The van der Waals surface area contributed by atoms with Crippen molar-refractivity contribution in [3.63, 3.8) is 0 Å². The minimum atomic E-state index is -0.169. The van der Waals surface area contributed by atoms with E-state index in [1.54, 1.807) is 0 Å². The first-order valence-electron chi connectivity index (χ1n) is 9.62. The van der Waals surface area contributed by atoms with Gasteiger partial charge < -0.3 is 5.32 Å². The normalized spacial score (nSPS) is 10.6. The maximum absolute atomic E-state index is 12.1. The zero-order valence-electron chi connectivity index (χ0n) is 17.1. The van der Waals surface area contributed by atoms with Crippen molar-refractivity contribution < 1.29 is 4.79 Å². The van der Waals surface area contributed by atoms with Crippen molar-refractivity contribution in [2.75, 3.05) is 6.54 Å². The van der Waals surface area contributed by atoms with Crippen LogP contribution in [0.1, 0.15) is 33.6 Å². The van der Waals surface area contributed by atoms with Gasteiger partial charge in [-0.2, -0.15) is 5.10 Å². The van der Waals surface area contributed by atoms with E-state index in [-0.39, 0.29) is 5.91 Å². The number of aryl methyl sites for hydroxylation is 2. The topological polar surface area (TPSA) is 46.9 Å². The minimum Gasteiger partial charge on any atom is -0.342 e. The van der Waals surface area contributed by atoms with Gasteiger partial charge in [-0.1, -0.05) is 59.9 Å². The molecule has 0 radical (unpaired) electrons. The Labute approximate surface area is 172 Å². The zero-order valence-corrected chi connectivity index (χ0v) is 17.1. The largest absolute Gasteiger partial charge is 0.342 e. The molecule has 3 aromatic rings. The van der Waals surface area contributed by atoms with Crippen molar-refractivity contribution in [3.05, 3.63) is 94.3 Å². The van der Waals surface area contributed by atoms with Gasteiger partial charge in [-0.15, -0.1) is 0 Å². The molecular weight excluding hydrogens is 358 g/mol. The lowest BCUT2D eigenvalue weighted by molar-refractivity contribution is -0.116. The second kappa shape index (κ2) is 9.57. The summed E-state index contributed by atoms with van der Waals surface area (Å²) in [4.78, 5) is 12.1. The number of hydrogen-bond acceptors (Lipinski definition) is 2. The number of hydrogen-bond donors (Lipinski definition) is 1. The maximum atomic E-state index is 12.1. The fourth-order valence-corrected chi connectivity index (χ4v) is 2.99. The van der Waals surface area contributed by atoms with Crippen LogP contribution in [-0.2, 0) is 11.3 Å². The van der Waals surface area contributed by atoms with E-state index in [9.17, 15) is 4.79 Å². The summed E-state index contributed by atoms with van der Waals surface area (Å²) in [5.41, 5.74) is 6.29. The summed E-state index contributed by atoms with van der Waals surface area (Å²) in [7, 11) is 0. The Morgan fingerprint density at radius 2 is 1.79 bits per heavy atom. The fraction of sp³-hybridized carbons (Fsp3) is 0.200. The first-order chi connectivity index (χ1) is 14.0. The molecule has 0 saturated carbocycles. The van der Waals surface area contributed by atoms with Gasteiger partial charge in [0.2, 0.25) is 5.91 Å². The predicted octanol–water partition coefficient (Wildman–Crippen LogP) is 4.04. The van der Waals surface area contributed by atoms with E-state index in [1.165, 1.54) is 17.2 Å². The Balaban J connectivity index is 1.60. The molecule has 0 unspecified atom stereocenters. The van der Waals surface area contributed by atoms with E-state index in [1.807, 2.05) is 54.9 Å². The lowest BCUT2D eigenvalue weighted by Crippen LogP contribution is -2.20. The number of carbonyl (C=O) groups is 1. The molecule has 3 rings (SSSR count). The lowest BCUT2D eigenvalue weighted by atomic mass is 10.1. The molecule has 0 atom stereocenters. The molecule has 4 heteroatoms. The van der Waals surface area contributed by atoms with Crippen LogP contribution in [-0.4, -0.2) is 22.2 Å². The zero-order chi connectivity index (χ0) is 20.6. The third-order valence-electron chi connectivity index (χ3n) is 4.65. The van der Waals surface area contributed by atoms with E-state index in [0.717, 1.165) is 22.5 Å². The Hall–Kier alpha value is -3.58. The molecular formula is C25H25N3O. The van der Waals surface area contributed by atoms with Crippen LogP contribution in [0.15, 0.2) is 60.7 Å². The van der Waals surface area contributed by atoms with Crippen molar-refractivity contribution >= 4 is 12.0 Å². The SMILES string of the molecule is Cc1ccc(Cn2nc(C)c(/C=C/C(=O)NCC#Cc3ccccc3)c2C)cc1. The number of rotatable bonds is 5. The quantitative estimate of drug-likeness (QED) is 0.534. The Kier molecular flexibility index (Phi) is 6.65. The number of aromatic nitrogens is 2. The highest BCUT2D eigenvalue weighted by Gasteiger charge is 2.10. The third kappa shape index (κ3) is 5.70. The fourth-order valence-electron chi connectivity index (χ4n) is 2.99. The maximum Gasteiger partial charge on any atom is 0.244 e. The van der Waals surface area contributed by atoms with Crippen molar-refractivity contribution in [3.8, 4) is 11.8 Å². The molecule has 0 bridgehead atoms. The third-order valence-corrected chi connectivity index (χ3v) is 4.65. The minimum absolute atomic E-state index is 0.169. The Morgan fingerprint density at radius 1 is 1.07 bits per heavy atom. The summed E-state index contributed by atoms with van der Waals surface area (Å²) in [6, 6.07) is 18.1. The molecule has 0 fully saturated rings. The van der Waals surface area contributed by atoms with Crippen molar-refractivity contribution in [1.29, 1.82) is 0 Å². The van der Waals surface area contributed by atoms with Gasteiger partial charge in [-0.3, -0.25) is 9.48 Å². The summed E-state index contributed by atoms with van der Waals surface area (Å²) >= 11 is 0. The van der Waals surface area contributed by atoms with Crippen LogP contribution in [0.2, 0.25) is 0 Å². The molecule has 4 nitrogen and oxygen atoms in total. The summed E-state index contributed by atoms with van der Waals surface area (Å²) in [6.07, 6.45) is 3.36. The molecule has 1 N–H and O–H groups in total. The molecule has 29 heavy (non-hydrogen) atoms. The van der Waals surface area contributed by atoms with Crippen LogP contribution in [0.3, 0.4) is 0 Å². The Morgan fingerprint density at radius 3 is 2.52 bits per heavy atom. The van der Waals surface area contributed by atoms with E-state index < -0.39 is 0 Å². The standard InChI is InChI=1S/C25H25N3O/c1-19-11-13-23(14-12-19)18-28-21(3)24(20(2)27-28)15-16-25(29)26-17-7-10-22-8-5-4-6-9-22/h4-6,8-9,11-16H,17-18H2,1-3H3,(H,26,29)/b16-15+. The van der Waals surface area contributed by atoms with Crippen molar-refractivity contribution in [2.24, 2.45) is 0 Å². The highest BCUT2D eigenvalue weighted by molar-refractivity contribution is 5.92. The van der Waals surface area contributed by atoms with Gasteiger partial charge in [-0.25, -0.2) is 0 Å². The van der Waals surface area contributed by atoms with E-state index in [2.05, 4.69) is 53.4 Å². The second-order valence-corrected chi connectivity index (χ2v) is 6.95. The number of carbonyl (C=O) groups excluding carboxylic acids is 1. The molecule has 0 spiro atoms. The highest BCUT2D eigenvalue weighted by atomic mass is 16.1. The van der Waals surface area contributed by atoms with Crippen molar-refractivity contribution in [2.45, 2.75) is 27.3 Å². The molecule has 146 valence electrons. The molecule has 0 aliphatic carbocycles. The summed E-state index contributed by atoms with van der Waals surface area (Å²) in [5, 5.41) is 7.41. The van der Waals surface area contributed by atoms with E-state index >= 15 is 0 Å². The van der Waals surface area contributed by atoms with Gasteiger partial charge in [0.05, 0.1) is 18.8 Å². The van der Waals surface area contributed by atoms with Crippen LogP contribution in [0.25, 0.3) is 6.08 Å². The smallest absolute Gasteiger partial charge is 0.244 e. The molecule has 1 heterocycles. The highest BCUT2D eigenvalue weighted by Crippen LogP contribution is 2.16. The molecule has 2 aromatic carbocycles. The monoisotopic (exact) mass is 383 g/mol. The molecule has 0 saturated heterocycles. The van der Waals surface area contributed by atoms with Crippen LogP contribution in [0.4, 0.5) is 0 Å². The second-order valence-electron chi connectivity index (χ2n) is 6.95. The van der Waals surface area contributed by atoms with Gasteiger partial charge >= 0.3 is 0 Å².